The van der Waals surface area contributed by atoms with Crippen LogP contribution in [0.1, 0.15) is 36.0 Å². The number of hydrogen-bond acceptors (Lipinski definition) is 6. The predicted molar refractivity (Wildman–Crippen MR) is 96.6 cm³/mol. The van der Waals surface area contributed by atoms with Crippen LogP contribution in [0.15, 0.2) is 36.0 Å². The molecule has 0 atom stereocenters. The van der Waals surface area contributed by atoms with E-state index in [1.807, 2.05) is 4.90 Å². The number of benzene rings is 1. The second-order valence-electron chi connectivity index (χ2n) is 5.95. The summed E-state index contributed by atoms with van der Waals surface area (Å²) < 4.78 is 9.25. The molecule has 0 unspecified atom stereocenters. The molecule has 0 spiro atoms. The van der Waals surface area contributed by atoms with E-state index in [2.05, 4.69) is 10.1 Å². The van der Waals surface area contributed by atoms with E-state index in [4.69, 9.17) is 4.74 Å². The van der Waals surface area contributed by atoms with Gasteiger partial charge in [-0.05, 0) is 25.0 Å². The Bertz CT molecular complexity index is 691. The number of methoxy groups -OCH3 is 2. The Hall–Kier alpha value is -2.83. The van der Waals surface area contributed by atoms with Gasteiger partial charge in [-0.3, -0.25) is 4.79 Å². The summed E-state index contributed by atoms with van der Waals surface area (Å²) in [5.74, 6) is -1.53. The Kier molecular flexibility index (Phi) is 7.20. The van der Waals surface area contributed by atoms with Crippen molar-refractivity contribution in [3.05, 3.63) is 41.6 Å². The summed E-state index contributed by atoms with van der Waals surface area (Å²) in [4.78, 5) is 38.2. The highest BCUT2D eigenvalue weighted by Crippen LogP contribution is 2.21. The van der Waals surface area contributed by atoms with Crippen molar-refractivity contribution in [1.29, 1.82) is 0 Å². The van der Waals surface area contributed by atoms with E-state index in [1.165, 1.54) is 14.2 Å². The Balaban J connectivity index is 2.29. The maximum Gasteiger partial charge on any atom is 0.354 e. The van der Waals surface area contributed by atoms with Gasteiger partial charge in [-0.2, -0.15) is 0 Å². The summed E-state index contributed by atoms with van der Waals surface area (Å²) in [5.41, 5.74) is 0.770. The molecule has 1 aliphatic heterocycles. The molecule has 0 radical (unpaired) electrons. The van der Waals surface area contributed by atoms with Gasteiger partial charge < -0.3 is 19.7 Å². The number of amides is 1. The molecule has 0 aliphatic carbocycles. The Morgan fingerprint density at radius 3 is 2.27 bits per heavy atom. The fraction of sp³-hybridized carbons (Fsp3) is 0.421. The highest BCUT2D eigenvalue weighted by Gasteiger charge is 2.21. The molecule has 2 rings (SSSR count). The molecule has 1 heterocycles. The monoisotopic (exact) mass is 360 g/mol. The average Bonchev–Trinajstić information content (AvgIpc) is 2.96. The highest BCUT2D eigenvalue weighted by atomic mass is 16.5. The quantitative estimate of drug-likeness (QED) is 0.641. The van der Waals surface area contributed by atoms with E-state index in [0.717, 1.165) is 44.8 Å². The standard InChI is InChI=1S/C19H24N2O5/c1-25-17(22)13-16(19(24)26-2)20-15-10-6-5-9-14(15)18(23)21-11-7-3-4-8-12-21/h5-6,9-10,13,20H,3-4,7-8,11-12H2,1-2H3/b16-13+. The number of anilines is 1. The van der Waals surface area contributed by atoms with Crippen molar-refractivity contribution in [2.75, 3.05) is 32.6 Å². The molecule has 1 aromatic carbocycles. The second kappa shape index (κ2) is 9.60. The molecule has 0 bridgehead atoms. The SMILES string of the molecule is COC(=O)/C=C(/Nc1ccccc1C(=O)N1CCCCCC1)C(=O)OC. The third-order valence-corrected chi connectivity index (χ3v) is 4.19. The maximum atomic E-state index is 12.9. The van der Waals surface area contributed by atoms with E-state index in [0.29, 0.717) is 11.3 Å². The summed E-state index contributed by atoms with van der Waals surface area (Å²) in [5, 5.41) is 2.84. The van der Waals surface area contributed by atoms with Gasteiger partial charge in [0.15, 0.2) is 0 Å². The summed E-state index contributed by atoms with van der Waals surface area (Å²) >= 11 is 0. The molecule has 7 nitrogen and oxygen atoms in total. The zero-order valence-electron chi connectivity index (χ0n) is 15.1. The van der Waals surface area contributed by atoms with Crippen molar-refractivity contribution in [1.82, 2.24) is 4.90 Å². The Morgan fingerprint density at radius 1 is 1.00 bits per heavy atom. The minimum absolute atomic E-state index is 0.0997. The van der Waals surface area contributed by atoms with Crippen LogP contribution in [-0.4, -0.2) is 50.1 Å². The van der Waals surface area contributed by atoms with Crippen LogP contribution < -0.4 is 5.32 Å². The fourth-order valence-electron chi connectivity index (χ4n) is 2.80. The van der Waals surface area contributed by atoms with E-state index in [-0.39, 0.29) is 11.6 Å². The molecular formula is C19H24N2O5. The summed E-state index contributed by atoms with van der Waals surface area (Å²) in [6.45, 7) is 1.43. The van der Waals surface area contributed by atoms with Crippen LogP contribution >= 0.6 is 0 Å². The number of nitrogens with zero attached hydrogens (tertiary/aromatic N) is 1. The molecule has 1 amide bonds. The van der Waals surface area contributed by atoms with Crippen LogP contribution in [0.25, 0.3) is 0 Å². The Labute approximate surface area is 153 Å². The molecular weight excluding hydrogens is 336 g/mol. The van der Waals surface area contributed by atoms with Gasteiger partial charge in [0.1, 0.15) is 5.70 Å². The number of hydrogen-bond donors (Lipinski definition) is 1. The molecule has 1 saturated heterocycles. The molecule has 0 saturated carbocycles. The van der Waals surface area contributed by atoms with E-state index in [9.17, 15) is 14.4 Å². The molecule has 1 fully saturated rings. The van der Waals surface area contributed by atoms with Crippen molar-refractivity contribution in [3.8, 4) is 0 Å². The van der Waals surface area contributed by atoms with Gasteiger partial charge in [0.25, 0.3) is 5.91 Å². The molecule has 7 heteroatoms. The van der Waals surface area contributed by atoms with Gasteiger partial charge >= 0.3 is 11.9 Å². The van der Waals surface area contributed by atoms with Crippen LogP contribution in [0, 0.1) is 0 Å². The normalized spacial score (nSPS) is 15.0. The largest absolute Gasteiger partial charge is 0.466 e. The highest BCUT2D eigenvalue weighted by molar-refractivity contribution is 6.03. The first kappa shape index (κ1) is 19.5. The minimum atomic E-state index is -0.729. The van der Waals surface area contributed by atoms with Crippen LogP contribution in [0.2, 0.25) is 0 Å². The van der Waals surface area contributed by atoms with Gasteiger partial charge in [-0.25, -0.2) is 9.59 Å². The van der Waals surface area contributed by atoms with E-state index < -0.39 is 11.9 Å². The third kappa shape index (κ3) is 5.08. The lowest BCUT2D eigenvalue weighted by atomic mass is 10.1. The first-order chi connectivity index (χ1) is 12.6. The summed E-state index contributed by atoms with van der Waals surface area (Å²) in [6, 6.07) is 6.88. The van der Waals surface area contributed by atoms with Crippen LogP contribution in [0.4, 0.5) is 5.69 Å². The molecule has 26 heavy (non-hydrogen) atoms. The fourth-order valence-corrected chi connectivity index (χ4v) is 2.80. The lowest BCUT2D eigenvalue weighted by Crippen LogP contribution is -2.32. The zero-order chi connectivity index (χ0) is 18.9. The van der Waals surface area contributed by atoms with Crippen molar-refractivity contribution >= 4 is 23.5 Å². The number of esters is 2. The van der Waals surface area contributed by atoms with Crippen molar-refractivity contribution in [2.45, 2.75) is 25.7 Å². The van der Waals surface area contributed by atoms with Gasteiger partial charge in [-0.1, -0.05) is 25.0 Å². The minimum Gasteiger partial charge on any atom is -0.466 e. The molecule has 1 N–H and O–H groups in total. The zero-order valence-corrected chi connectivity index (χ0v) is 15.1. The van der Waals surface area contributed by atoms with Crippen LogP contribution in [-0.2, 0) is 19.1 Å². The smallest absolute Gasteiger partial charge is 0.354 e. The van der Waals surface area contributed by atoms with Gasteiger partial charge in [-0.15, -0.1) is 0 Å². The molecule has 1 aliphatic rings. The van der Waals surface area contributed by atoms with Gasteiger partial charge in [0.2, 0.25) is 0 Å². The topological polar surface area (TPSA) is 84.9 Å². The predicted octanol–water partition coefficient (Wildman–Crippen LogP) is 2.34. The first-order valence-electron chi connectivity index (χ1n) is 8.60. The Morgan fingerprint density at radius 2 is 1.65 bits per heavy atom. The number of rotatable bonds is 5. The van der Waals surface area contributed by atoms with Crippen LogP contribution in [0.5, 0.6) is 0 Å². The second-order valence-corrected chi connectivity index (χ2v) is 5.95. The van der Waals surface area contributed by atoms with Gasteiger partial charge in [0.05, 0.1) is 31.5 Å². The van der Waals surface area contributed by atoms with Crippen LogP contribution in [0.3, 0.4) is 0 Å². The van der Waals surface area contributed by atoms with E-state index >= 15 is 0 Å². The molecule has 0 aromatic heterocycles. The van der Waals surface area contributed by atoms with Gasteiger partial charge in [0, 0.05) is 13.1 Å². The summed E-state index contributed by atoms with van der Waals surface area (Å²) in [7, 11) is 2.42. The van der Waals surface area contributed by atoms with Crippen molar-refractivity contribution in [2.24, 2.45) is 0 Å². The first-order valence-corrected chi connectivity index (χ1v) is 8.60. The lowest BCUT2D eigenvalue weighted by Gasteiger charge is -2.22. The molecule has 140 valence electrons. The number of likely N-dealkylation sites (tertiary alicyclic amines) is 1. The number of carbonyl (C=O) groups is 3. The number of carbonyl (C=O) groups excluding carboxylic acids is 3. The number of para-hydroxylation sites is 1. The van der Waals surface area contributed by atoms with Crippen molar-refractivity contribution in [3.63, 3.8) is 0 Å². The lowest BCUT2D eigenvalue weighted by molar-refractivity contribution is -0.138. The number of ether oxygens (including phenoxy) is 2. The maximum absolute atomic E-state index is 12.9. The number of nitrogens with one attached hydrogen (secondary N) is 1. The van der Waals surface area contributed by atoms with E-state index in [1.54, 1.807) is 24.3 Å². The molecule has 1 aromatic rings. The summed E-state index contributed by atoms with van der Waals surface area (Å²) in [6.07, 6.45) is 5.21. The van der Waals surface area contributed by atoms with Crippen molar-refractivity contribution < 1.29 is 23.9 Å². The third-order valence-electron chi connectivity index (χ3n) is 4.19. The average molecular weight is 360 g/mol.